The molecule has 2 unspecified atom stereocenters. The van der Waals surface area contributed by atoms with Crippen LogP contribution in [0.5, 0.6) is 0 Å². The summed E-state index contributed by atoms with van der Waals surface area (Å²) >= 11 is 2.31. The number of morpholine rings is 1. The van der Waals surface area contributed by atoms with Gasteiger partial charge in [-0.2, -0.15) is 0 Å². The van der Waals surface area contributed by atoms with E-state index >= 15 is 0 Å². The Morgan fingerprint density at radius 2 is 2.06 bits per heavy atom. The molecule has 0 saturated carbocycles. The van der Waals surface area contributed by atoms with E-state index in [-0.39, 0.29) is 18.8 Å². The predicted octanol–water partition coefficient (Wildman–Crippen LogP) is 1.87. The van der Waals surface area contributed by atoms with Gasteiger partial charge in [0.05, 0.1) is 18.8 Å². The summed E-state index contributed by atoms with van der Waals surface area (Å²) in [6.07, 6.45) is 0.160. The normalized spacial score (nSPS) is 26.1. The monoisotopic (exact) mass is 347 g/mol. The Kier molecular flexibility index (Phi) is 4.78. The van der Waals surface area contributed by atoms with Crippen molar-refractivity contribution in [3.05, 3.63) is 33.4 Å². The Morgan fingerprint density at radius 3 is 2.71 bits per heavy atom. The van der Waals surface area contributed by atoms with Crippen LogP contribution in [0.25, 0.3) is 0 Å². The quantitative estimate of drug-likeness (QED) is 0.848. The fourth-order valence-corrected chi connectivity index (χ4v) is 2.58. The summed E-state index contributed by atoms with van der Waals surface area (Å²) in [6, 6.07) is 8.58. The molecule has 1 aliphatic heterocycles. The van der Waals surface area contributed by atoms with E-state index in [1.807, 2.05) is 0 Å². The molecule has 17 heavy (non-hydrogen) atoms. The zero-order valence-corrected chi connectivity index (χ0v) is 12.1. The predicted molar refractivity (Wildman–Crippen MR) is 75.9 cm³/mol. The van der Waals surface area contributed by atoms with Crippen molar-refractivity contribution in [1.82, 2.24) is 4.90 Å². The van der Waals surface area contributed by atoms with Crippen LogP contribution in [0.15, 0.2) is 24.3 Å². The van der Waals surface area contributed by atoms with E-state index in [9.17, 15) is 5.11 Å². The molecule has 1 saturated heterocycles. The molecule has 1 N–H and O–H groups in total. The molecular weight excluding hydrogens is 329 g/mol. The number of benzene rings is 1. The fraction of sp³-hybridized carbons (Fsp3) is 0.538. The largest absolute Gasteiger partial charge is 0.394 e. The van der Waals surface area contributed by atoms with Crippen LogP contribution in [0.3, 0.4) is 0 Å². The van der Waals surface area contributed by atoms with Gasteiger partial charge in [0.25, 0.3) is 0 Å². The van der Waals surface area contributed by atoms with Crippen LogP contribution in [-0.2, 0) is 11.3 Å². The van der Waals surface area contributed by atoms with Crippen LogP contribution in [0.4, 0.5) is 0 Å². The highest BCUT2D eigenvalue weighted by Crippen LogP contribution is 2.15. The molecule has 1 aliphatic rings. The Bertz CT molecular complexity index is 355. The van der Waals surface area contributed by atoms with Crippen molar-refractivity contribution in [1.29, 1.82) is 0 Å². The lowest BCUT2D eigenvalue weighted by Gasteiger charge is -2.36. The molecule has 0 radical (unpaired) electrons. The Hall–Kier alpha value is -0.170. The number of rotatable bonds is 3. The smallest absolute Gasteiger partial charge is 0.0936 e. The number of aliphatic hydroxyl groups is 1. The van der Waals surface area contributed by atoms with Crippen molar-refractivity contribution < 1.29 is 9.84 Å². The lowest BCUT2D eigenvalue weighted by Crippen LogP contribution is -2.47. The summed E-state index contributed by atoms with van der Waals surface area (Å²) in [5, 5.41) is 9.18. The fourth-order valence-electron chi connectivity index (χ4n) is 2.22. The highest BCUT2D eigenvalue weighted by molar-refractivity contribution is 14.1. The maximum Gasteiger partial charge on any atom is 0.0936 e. The molecule has 0 aromatic heterocycles. The third-order valence-electron chi connectivity index (χ3n) is 2.92. The van der Waals surface area contributed by atoms with Crippen molar-refractivity contribution in [2.45, 2.75) is 25.7 Å². The topological polar surface area (TPSA) is 32.7 Å². The third kappa shape index (κ3) is 3.91. The van der Waals surface area contributed by atoms with E-state index < -0.39 is 0 Å². The molecule has 1 aromatic rings. The van der Waals surface area contributed by atoms with Crippen LogP contribution in [0, 0.1) is 3.57 Å². The molecule has 0 bridgehead atoms. The molecule has 3 nitrogen and oxygen atoms in total. The van der Waals surface area contributed by atoms with Crippen LogP contribution in [-0.4, -0.2) is 41.9 Å². The van der Waals surface area contributed by atoms with Crippen LogP contribution in [0.1, 0.15) is 12.5 Å². The third-order valence-corrected chi connectivity index (χ3v) is 3.64. The van der Waals surface area contributed by atoms with E-state index in [4.69, 9.17) is 4.74 Å². The number of hydrogen-bond donors (Lipinski definition) is 1. The van der Waals surface area contributed by atoms with Crippen molar-refractivity contribution in [3.63, 3.8) is 0 Å². The molecule has 1 heterocycles. The minimum atomic E-state index is -0.0393. The molecule has 0 spiro atoms. The first-order chi connectivity index (χ1) is 8.17. The van der Waals surface area contributed by atoms with Crippen LogP contribution >= 0.6 is 22.6 Å². The van der Waals surface area contributed by atoms with Crippen molar-refractivity contribution >= 4 is 22.6 Å². The second-order valence-corrected chi connectivity index (χ2v) is 5.82. The summed E-state index contributed by atoms with van der Waals surface area (Å²) in [4.78, 5) is 2.34. The summed E-state index contributed by atoms with van der Waals surface area (Å²) in [6.45, 7) is 4.84. The van der Waals surface area contributed by atoms with Gasteiger partial charge in [-0.1, -0.05) is 12.1 Å². The van der Waals surface area contributed by atoms with E-state index in [0.717, 1.165) is 19.6 Å². The first-order valence-corrected chi connectivity index (χ1v) is 6.98. The first-order valence-electron chi connectivity index (χ1n) is 5.90. The van der Waals surface area contributed by atoms with Crippen molar-refractivity contribution in [3.8, 4) is 0 Å². The van der Waals surface area contributed by atoms with Crippen LogP contribution < -0.4 is 0 Å². The maximum atomic E-state index is 9.18. The summed E-state index contributed by atoms with van der Waals surface area (Å²) in [5.74, 6) is 0. The molecule has 1 aromatic carbocycles. The molecule has 94 valence electrons. The molecular formula is C13H18INO2. The number of aliphatic hydroxyl groups excluding tert-OH is 1. The molecule has 2 rings (SSSR count). The summed E-state index contributed by atoms with van der Waals surface area (Å²) in [5.41, 5.74) is 1.32. The van der Waals surface area contributed by atoms with Gasteiger partial charge < -0.3 is 9.84 Å². The molecule has 1 fully saturated rings. The SMILES string of the molecule is CC1CN(Cc2ccc(I)cc2)CC(CO)O1. The van der Waals surface area contributed by atoms with Crippen LogP contribution in [0.2, 0.25) is 0 Å². The zero-order valence-electron chi connectivity index (χ0n) is 9.97. The second-order valence-electron chi connectivity index (χ2n) is 4.57. The number of halogens is 1. The van der Waals surface area contributed by atoms with Crippen molar-refractivity contribution in [2.24, 2.45) is 0 Å². The number of ether oxygens (including phenoxy) is 1. The minimum Gasteiger partial charge on any atom is -0.394 e. The summed E-state index contributed by atoms with van der Waals surface area (Å²) in [7, 11) is 0. The average molecular weight is 347 g/mol. The molecule has 2 atom stereocenters. The molecule has 4 heteroatoms. The molecule has 0 aliphatic carbocycles. The van der Waals surface area contributed by atoms with Gasteiger partial charge in [0.2, 0.25) is 0 Å². The lowest BCUT2D eigenvalue weighted by molar-refractivity contribution is -0.0972. The highest BCUT2D eigenvalue weighted by atomic mass is 127. The van der Waals surface area contributed by atoms with Gasteiger partial charge in [0.1, 0.15) is 0 Å². The highest BCUT2D eigenvalue weighted by Gasteiger charge is 2.24. The number of hydrogen-bond acceptors (Lipinski definition) is 3. The van der Waals surface area contributed by atoms with E-state index in [2.05, 4.69) is 58.7 Å². The maximum absolute atomic E-state index is 9.18. The van der Waals surface area contributed by atoms with Gasteiger partial charge in [0.15, 0.2) is 0 Å². The summed E-state index contributed by atoms with van der Waals surface area (Å²) < 4.78 is 6.89. The Labute approximate surface area is 116 Å². The van der Waals surface area contributed by atoms with Gasteiger partial charge in [-0.25, -0.2) is 0 Å². The van der Waals surface area contributed by atoms with Gasteiger partial charge in [-0.15, -0.1) is 0 Å². The van der Waals surface area contributed by atoms with Gasteiger partial charge in [-0.05, 0) is 47.2 Å². The van der Waals surface area contributed by atoms with Gasteiger partial charge in [-0.3, -0.25) is 4.90 Å². The minimum absolute atomic E-state index is 0.0393. The Morgan fingerprint density at radius 1 is 1.35 bits per heavy atom. The number of nitrogens with zero attached hydrogens (tertiary/aromatic N) is 1. The molecule has 0 amide bonds. The standard InChI is InChI=1S/C13H18INO2/c1-10-6-15(8-13(9-16)17-10)7-11-2-4-12(14)5-3-11/h2-5,10,13,16H,6-9H2,1H3. The zero-order chi connectivity index (χ0) is 12.3. The van der Waals surface area contributed by atoms with Crippen molar-refractivity contribution in [2.75, 3.05) is 19.7 Å². The van der Waals surface area contributed by atoms with E-state index in [1.165, 1.54) is 9.13 Å². The van der Waals surface area contributed by atoms with E-state index in [0.29, 0.717) is 0 Å². The Balaban J connectivity index is 1.95. The first kappa shape index (κ1) is 13.3. The van der Waals surface area contributed by atoms with Gasteiger partial charge >= 0.3 is 0 Å². The second kappa shape index (κ2) is 6.13. The average Bonchev–Trinajstić information content (AvgIpc) is 2.31. The van der Waals surface area contributed by atoms with Gasteiger partial charge in [0, 0.05) is 23.2 Å². The lowest BCUT2D eigenvalue weighted by atomic mass is 10.1. The van der Waals surface area contributed by atoms with E-state index in [1.54, 1.807) is 0 Å².